The Kier molecular flexibility index (Phi) is 5.46. The van der Waals surface area contributed by atoms with Crippen molar-refractivity contribution >= 4 is 28.9 Å². The van der Waals surface area contributed by atoms with E-state index in [1.54, 1.807) is 36.7 Å². The molecule has 2 amide bonds. The van der Waals surface area contributed by atoms with Gasteiger partial charge in [0, 0.05) is 50.4 Å². The van der Waals surface area contributed by atoms with Crippen LogP contribution in [0, 0.1) is 0 Å². The Morgan fingerprint density at radius 3 is 2.24 bits per heavy atom. The molecule has 8 heteroatoms. The van der Waals surface area contributed by atoms with Gasteiger partial charge >= 0.3 is 0 Å². The summed E-state index contributed by atoms with van der Waals surface area (Å²) in [5, 5.41) is 5.55. The minimum atomic E-state index is -0.428. The number of pyridine rings is 1. The zero-order valence-electron chi connectivity index (χ0n) is 16.3. The van der Waals surface area contributed by atoms with Crippen LogP contribution in [0.5, 0.6) is 0 Å². The van der Waals surface area contributed by atoms with Crippen molar-refractivity contribution < 1.29 is 19.1 Å². The van der Waals surface area contributed by atoms with Crippen LogP contribution in [0.3, 0.4) is 0 Å². The van der Waals surface area contributed by atoms with Crippen molar-refractivity contribution in [2.75, 3.05) is 41.8 Å². The first-order valence-electron chi connectivity index (χ1n) is 9.70. The molecule has 152 valence electrons. The highest BCUT2D eigenvalue weighted by Crippen LogP contribution is 2.33. The second-order valence-electron chi connectivity index (χ2n) is 7.24. The molecule has 0 saturated carbocycles. The molecule has 4 rings (SSSR count). The summed E-state index contributed by atoms with van der Waals surface area (Å²) >= 11 is 0. The summed E-state index contributed by atoms with van der Waals surface area (Å²) in [7, 11) is 0. The average molecular weight is 396 g/mol. The van der Waals surface area contributed by atoms with E-state index in [1.165, 1.54) is 6.92 Å². The quantitative estimate of drug-likeness (QED) is 0.825. The lowest BCUT2D eigenvalue weighted by Crippen LogP contribution is -2.45. The molecule has 2 aromatic rings. The third-order valence-corrected chi connectivity index (χ3v) is 5.15. The van der Waals surface area contributed by atoms with Gasteiger partial charge in [-0.1, -0.05) is 0 Å². The highest BCUT2D eigenvalue weighted by molar-refractivity contribution is 6.04. The van der Waals surface area contributed by atoms with E-state index in [1.807, 2.05) is 6.07 Å². The number of anilines is 3. The Labute approximate surface area is 169 Å². The Hall–Kier alpha value is -2.97. The first-order chi connectivity index (χ1) is 14.0. The maximum Gasteiger partial charge on any atom is 0.257 e. The molecule has 8 nitrogen and oxygen atoms in total. The summed E-state index contributed by atoms with van der Waals surface area (Å²) in [5.41, 5.74) is 2.72. The van der Waals surface area contributed by atoms with Crippen LogP contribution >= 0.6 is 0 Å². The number of nitrogens with one attached hydrogen (secondary N) is 2. The van der Waals surface area contributed by atoms with Gasteiger partial charge in [0.15, 0.2) is 5.79 Å². The molecule has 1 aromatic carbocycles. The first kappa shape index (κ1) is 19.4. The van der Waals surface area contributed by atoms with Gasteiger partial charge in [-0.3, -0.25) is 14.6 Å². The molecular formula is C21H24N4O4. The third-order valence-electron chi connectivity index (χ3n) is 5.15. The highest BCUT2D eigenvalue weighted by Gasteiger charge is 2.39. The van der Waals surface area contributed by atoms with Gasteiger partial charge in [-0.15, -0.1) is 0 Å². The number of piperidine rings is 1. The number of carbonyl (C=O) groups excluding carboxylic acids is 2. The van der Waals surface area contributed by atoms with Crippen molar-refractivity contribution in [1.29, 1.82) is 0 Å². The molecule has 3 heterocycles. The van der Waals surface area contributed by atoms with Gasteiger partial charge in [0.25, 0.3) is 5.91 Å². The monoisotopic (exact) mass is 396 g/mol. The molecule has 1 aromatic heterocycles. The molecule has 2 aliphatic heterocycles. The number of aromatic nitrogens is 1. The zero-order chi connectivity index (χ0) is 20.3. The van der Waals surface area contributed by atoms with E-state index in [0.29, 0.717) is 30.2 Å². The summed E-state index contributed by atoms with van der Waals surface area (Å²) in [5.74, 6) is -0.801. The molecule has 29 heavy (non-hydrogen) atoms. The van der Waals surface area contributed by atoms with Gasteiger partial charge in [-0.05, 0) is 30.3 Å². The van der Waals surface area contributed by atoms with Crippen molar-refractivity contribution in [3.05, 3.63) is 48.3 Å². The van der Waals surface area contributed by atoms with Crippen LogP contribution in [0.2, 0.25) is 0 Å². The van der Waals surface area contributed by atoms with Crippen LogP contribution in [0.25, 0.3) is 0 Å². The molecule has 2 N–H and O–H groups in total. The number of nitrogens with zero attached hydrogens (tertiary/aromatic N) is 2. The fraction of sp³-hybridized carbons (Fsp3) is 0.381. The molecule has 0 aliphatic carbocycles. The Morgan fingerprint density at radius 2 is 1.62 bits per heavy atom. The lowest BCUT2D eigenvalue weighted by molar-refractivity contribution is -0.169. The zero-order valence-corrected chi connectivity index (χ0v) is 16.3. The van der Waals surface area contributed by atoms with Crippen molar-refractivity contribution in [3.63, 3.8) is 0 Å². The van der Waals surface area contributed by atoms with E-state index >= 15 is 0 Å². The maximum absolute atomic E-state index is 12.6. The second-order valence-corrected chi connectivity index (χ2v) is 7.24. The Balaban J connectivity index is 1.39. The molecule has 0 radical (unpaired) electrons. The SMILES string of the molecule is CC(=O)Nc1ccc(NC(=O)c2cncc(N3CCC4(CC3)OCCO4)c2)cc1. The topological polar surface area (TPSA) is 92.8 Å². The highest BCUT2D eigenvalue weighted by atomic mass is 16.7. The maximum atomic E-state index is 12.6. The molecule has 2 saturated heterocycles. The number of amides is 2. The van der Waals surface area contributed by atoms with Gasteiger partial charge < -0.3 is 25.0 Å². The van der Waals surface area contributed by atoms with Crippen LogP contribution in [0.4, 0.5) is 17.1 Å². The van der Waals surface area contributed by atoms with Crippen molar-refractivity contribution in [2.24, 2.45) is 0 Å². The largest absolute Gasteiger partial charge is 0.370 e. The number of hydrogen-bond donors (Lipinski definition) is 2. The third kappa shape index (κ3) is 4.55. The minimum absolute atomic E-state index is 0.139. The average Bonchev–Trinajstić information content (AvgIpc) is 3.18. The Bertz CT molecular complexity index is 884. The van der Waals surface area contributed by atoms with Gasteiger partial charge in [0.2, 0.25) is 5.91 Å². The fourth-order valence-corrected chi connectivity index (χ4v) is 3.66. The van der Waals surface area contributed by atoms with Crippen molar-refractivity contribution in [1.82, 2.24) is 4.98 Å². The number of rotatable bonds is 4. The second kappa shape index (κ2) is 8.18. The summed E-state index contributed by atoms with van der Waals surface area (Å²) in [6.45, 7) is 4.34. The summed E-state index contributed by atoms with van der Waals surface area (Å²) in [6.07, 6.45) is 4.92. The van der Waals surface area contributed by atoms with E-state index in [2.05, 4.69) is 20.5 Å². The number of benzene rings is 1. The van der Waals surface area contributed by atoms with Crippen molar-refractivity contribution in [3.8, 4) is 0 Å². The summed E-state index contributed by atoms with van der Waals surface area (Å²) in [4.78, 5) is 30.2. The predicted molar refractivity (Wildman–Crippen MR) is 109 cm³/mol. The normalized spacial score (nSPS) is 17.9. The summed E-state index contributed by atoms with van der Waals surface area (Å²) < 4.78 is 11.5. The van der Waals surface area contributed by atoms with Crippen LogP contribution in [-0.2, 0) is 14.3 Å². The van der Waals surface area contributed by atoms with Gasteiger partial charge in [0.1, 0.15) is 0 Å². The Morgan fingerprint density at radius 1 is 1.00 bits per heavy atom. The smallest absolute Gasteiger partial charge is 0.257 e. The standard InChI is InChI=1S/C21H24N4O4/c1-15(26)23-17-2-4-18(5-3-17)24-20(27)16-12-19(14-22-13-16)25-8-6-21(7-9-25)28-10-11-29-21/h2-5,12-14H,6-11H2,1H3,(H,23,26)(H,24,27). The first-order valence-corrected chi connectivity index (χ1v) is 9.70. The van der Waals surface area contributed by atoms with E-state index < -0.39 is 5.79 Å². The van der Waals surface area contributed by atoms with Gasteiger partial charge in [-0.25, -0.2) is 0 Å². The van der Waals surface area contributed by atoms with Crippen LogP contribution in [-0.4, -0.2) is 48.9 Å². The number of carbonyl (C=O) groups is 2. The van der Waals surface area contributed by atoms with Crippen LogP contribution < -0.4 is 15.5 Å². The van der Waals surface area contributed by atoms with E-state index in [4.69, 9.17) is 9.47 Å². The minimum Gasteiger partial charge on any atom is -0.370 e. The molecule has 2 aliphatic rings. The molecule has 1 spiro atoms. The van der Waals surface area contributed by atoms with E-state index in [0.717, 1.165) is 31.6 Å². The number of hydrogen-bond acceptors (Lipinski definition) is 6. The molecule has 0 unspecified atom stereocenters. The van der Waals surface area contributed by atoms with Crippen LogP contribution in [0.1, 0.15) is 30.1 Å². The molecule has 0 atom stereocenters. The summed E-state index contributed by atoms with van der Waals surface area (Å²) in [6, 6.07) is 8.81. The van der Waals surface area contributed by atoms with Crippen LogP contribution in [0.15, 0.2) is 42.7 Å². The van der Waals surface area contributed by atoms with E-state index in [9.17, 15) is 9.59 Å². The van der Waals surface area contributed by atoms with Gasteiger partial charge in [-0.2, -0.15) is 0 Å². The lowest BCUT2D eigenvalue weighted by Gasteiger charge is -2.38. The molecule has 2 fully saturated rings. The lowest BCUT2D eigenvalue weighted by atomic mass is 10.0. The van der Waals surface area contributed by atoms with Crippen molar-refractivity contribution in [2.45, 2.75) is 25.6 Å². The molecule has 0 bridgehead atoms. The van der Waals surface area contributed by atoms with E-state index in [-0.39, 0.29) is 11.8 Å². The molecular weight excluding hydrogens is 372 g/mol. The number of ether oxygens (including phenoxy) is 2. The fourth-order valence-electron chi connectivity index (χ4n) is 3.66. The van der Waals surface area contributed by atoms with Gasteiger partial charge in [0.05, 0.1) is 30.7 Å². The predicted octanol–water partition coefficient (Wildman–Crippen LogP) is 2.64.